The Morgan fingerprint density at radius 2 is 1.90 bits per heavy atom. The van der Waals surface area contributed by atoms with E-state index < -0.39 is 0 Å². The molecule has 0 unspecified atom stereocenters. The minimum Gasteiger partial charge on any atom is -0.436 e. The average molecular weight is 592 g/mol. The number of oxazole rings is 1. The summed E-state index contributed by atoms with van der Waals surface area (Å²) in [4.78, 5) is 16.8. The van der Waals surface area contributed by atoms with Crippen molar-refractivity contribution in [3.63, 3.8) is 0 Å². The van der Waals surface area contributed by atoms with Gasteiger partial charge >= 0.3 is 0 Å². The SMILES string of the molecule is O=C(Cc1ccccc1)NC(=S)Nc1ccc2oc(-c3cc(I)ccc3Br)nc2c1. The fourth-order valence-corrected chi connectivity index (χ4v) is 4.04. The first-order chi connectivity index (χ1) is 14.5. The summed E-state index contributed by atoms with van der Waals surface area (Å²) in [5.41, 5.74) is 3.89. The van der Waals surface area contributed by atoms with Crippen molar-refractivity contribution in [2.75, 3.05) is 5.32 Å². The van der Waals surface area contributed by atoms with Crippen molar-refractivity contribution in [3.05, 3.63) is 80.3 Å². The zero-order chi connectivity index (χ0) is 21.1. The van der Waals surface area contributed by atoms with Gasteiger partial charge in [-0.05, 0) is 92.7 Å². The highest BCUT2D eigenvalue weighted by Crippen LogP contribution is 2.32. The highest BCUT2D eigenvalue weighted by molar-refractivity contribution is 14.1. The van der Waals surface area contributed by atoms with Gasteiger partial charge in [0.15, 0.2) is 10.7 Å². The monoisotopic (exact) mass is 591 g/mol. The lowest BCUT2D eigenvalue weighted by Gasteiger charge is -2.09. The lowest BCUT2D eigenvalue weighted by atomic mass is 10.1. The number of hydrogen-bond acceptors (Lipinski definition) is 4. The number of nitrogens with zero attached hydrogens (tertiary/aromatic N) is 1. The molecule has 0 aliphatic heterocycles. The molecule has 5 nitrogen and oxygen atoms in total. The van der Waals surface area contributed by atoms with Gasteiger partial charge in [0.05, 0.1) is 12.0 Å². The Bertz CT molecular complexity index is 1240. The van der Waals surface area contributed by atoms with Crippen LogP contribution in [-0.4, -0.2) is 16.0 Å². The number of halogens is 2. The maximum absolute atomic E-state index is 12.2. The molecule has 3 aromatic carbocycles. The molecular weight excluding hydrogens is 577 g/mol. The van der Waals surface area contributed by atoms with E-state index in [2.05, 4.69) is 54.1 Å². The summed E-state index contributed by atoms with van der Waals surface area (Å²) in [6.07, 6.45) is 0.263. The van der Waals surface area contributed by atoms with Gasteiger partial charge in [-0.25, -0.2) is 4.98 Å². The van der Waals surface area contributed by atoms with Gasteiger partial charge in [-0.3, -0.25) is 4.79 Å². The smallest absolute Gasteiger partial charge is 0.230 e. The first-order valence-corrected chi connectivity index (χ1v) is 11.3. The summed E-state index contributed by atoms with van der Waals surface area (Å²) in [6, 6.07) is 21.0. The largest absolute Gasteiger partial charge is 0.436 e. The molecule has 1 amide bonds. The van der Waals surface area contributed by atoms with E-state index in [4.69, 9.17) is 16.6 Å². The Labute approximate surface area is 200 Å². The summed E-state index contributed by atoms with van der Waals surface area (Å²) >= 11 is 11.1. The molecule has 0 bridgehead atoms. The number of carbonyl (C=O) groups excluding carboxylic acids is 1. The predicted octanol–water partition coefficient (Wildman–Crippen LogP) is 5.92. The number of carbonyl (C=O) groups is 1. The zero-order valence-electron chi connectivity index (χ0n) is 15.5. The highest BCUT2D eigenvalue weighted by atomic mass is 127. The second-order valence-electron chi connectivity index (χ2n) is 6.49. The Kier molecular flexibility index (Phi) is 6.45. The number of benzene rings is 3. The van der Waals surface area contributed by atoms with Gasteiger partial charge in [0.2, 0.25) is 11.8 Å². The van der Waals surface area contributed by atoms with Crippen LogP contribution in [-0.2, 0) is 11.2 Å². The second-order valence-corrected chi connectivity index (χ2v) is 9.00. The summed E-state index contributed by atoms with van der Waals surface area (Å²) < 4.78 is 7.91. The molecule has 0 atom stereocenters. The van der Waals surface area contributed by atoms with Crippen LogP contribution in [0, 0.1) is 3.57 Å². The van der Waals surface area contributed by atoms with Crippen LogP contribution < -0.4 is 10.6 Å². The average Bonchev–Trinajstić information content (AvgIpc) is 3.13. The summed E-state index contributed by atoms with van der Waals surface area (Å²) in [6.45, 7) is 0. The number of rotatable bonds is 4. The Morgan fingerprint density at radius 3 is 2.70 bits per heavy atom. The molecule has 0 fully saturated rings. The summed E-state index contributed by atoms with van der Waals surface area (Å²) in [7, 11) is 0. The molecule has 30 heavy (non-hydrogen) atoms. The van der Waals surface area contributed by atoms with Crippen molar-refractivity contribution >= 4 is 78.5 Å². The molecule has 1 aromatic heterocycles. The third-order valence-corrected chi connectivity index (χ3v) is 5.83. The Balaban J connectivity index is 1.46. The van der Waals surface area contributed by atoms with Crippen molar-refractivity contribution in [2.45, 2.75) is 6.42 Å². The minimum absolute atomic E-state index is 0.174. The number of hydrogen-bond donors (Lipinski definition) is 2. The van der Waals surface area contributed by atoms with Crippen molar-refractivity contribution < 1.29 is 9.21 Å². The maximum Gasteiger partial charge on any atom is 0.230 e. The van der Waals surface area contributed by atoms with Crippen LogP contribution in [0.15, 0.2) is 75.6 Å². The Morgan fingerprint density at radius 1 is 1.10 bits per heavy atom. The molecule has 4 aromatic rings. The van der Waals surface area contributed by atoms with Gasteiger partial charge in [-0.2, -0.15) is 0 Å². The quantitative estimate of drug-likeness (QED) is 0.228. The highest BCUT2D eigenvalue weighted by Gasteiger charge is 2.13. The van der Waals surface area contributed by atoms with E-state index in [0.717, 1.165) is 19.2 Å². The molecule has 0 radical (unpaired) electrons. The number of thiocarbonyl (C=S) groups is 1. The van der Waals surface area contributed by atoms with E-state index in [0.29, 0.717) is 22.7 Å². The van der Waals surface area contributed by atoms with Crippen LogP contribution in [0.3, 0.4) is 0 Å². The number of amides is 1. The van der Waals surface area contributed by atoms with Crippen LogP contribution in [0.25, 0.3) is 22.6 Å². The third kappa shape index (κ3) is 5.05. The van der Waals surface area contributed by atoms with Crippen LogP contribution in [0.2, 0.25) is 0 Å². The van der Waals surface area contributed by atoms with Crippen LogP contribution in [0.1, 0.15) is 5.56 Å². The van der Waals surface area contributed by atoms with Gasteiger partial charge < -0.3 is 15.1 Å². The lowest BCUT2D eigenvalue weighted by molar-refractivity contribution is -0.119. The standard InChI is InChI=1S/C22H15BrIN3O2S/c23-17-8-6-14(24)11-16(17)21-26-18-12-15(7-9-19(18)29-21)25-22(30)27-20(28)10-13-4-2-1-3-5-13/h1-9,11-12H,10H2,(H2,25,27,28,30). The normalized spacial score (nSPS) is 10.7. The van der Waals surface area contributed by atoms with Crippen LogP contribution in [0.4, 0.5) is 5.69 Å². The number of nitrogens with one attached hydrogen (secondary N) is 2. The molecule has 8 heteroatoms. The van der Waals surface area contributed by atoms with E-state index >= 15 is 0 Å². The zero-order valence-corrected chi connectivity index (χ0v) is 20.0. The third-order valence-electron chi connectivity index (χ3n) is 4.26. The molecule has 2 N–H and O–H groups in total. The van der Waals surface area contributed by atoms with Crippen molar-refractivity contribution in [1.82, 2.24) is 10.3 Å². The van der Waals surface area contributed by atoms with E-state index in [1.54, 1.807) is 0 Å². The van der Waals surface area contributed by atoms with Gasteiger partial charge in [0.1, 0.15) is 5.52 Å². The predicted molar refractivity (Wildman–Crippen MR) is 134 cm³/mol. The van der Waals surface area contributed by atoms with Gasteiger partial charge in [0.25, 0.3) is 0 Å². The number of aromatic nitrogens is 1. The van der Waals surface area contributed by atoms with Crippen molar-refractivity contribution in [1.29, 1.82) is 0 Å². The summed E-state index contributed by atoms with van der Waals surface area (Å²) in [5, 5.41) is 5.96. The number of anilines is 1. The van der Waals surface area contributed by atoms with Crippen molar-refractivity contribution in [3.8, 4) is 11.5 Å². The van der Waals surface area contributed by atoms with Gasteiger partial charge in [-0.1, -0.05) is 30.3 Å². The molecule has 0 saturated heterocycles. The molecule has 0 saturated carbocycles. The fourth-order valence-electron chi connectivity index (χ4n) is 2.90. The first-order valence-electron chi connectivity index (χ1n) is 8.99. The van der Waals surface area contributed by atoms with Crippen LogP contribution in [0.5, 0.6) is 0 Å². The second kappa shape index (κ2) is 9.23. The molecular formula is C22H15BrIN3O2S. The topological polar surface area (TPSA) is 67.2 Å². The molecule has 0 aliphatic carbocycles. The number of fused-ring (bicyclic) bond motifs is 1. The van der Waals surface area contributed by atoms with E-state index in [9.17, 15) is 4.79 Å². The summed E-state index contributed by atoms with van der Waals surface area (Å²) in [5.74, 6) is 0.360. The van der Waals surface area contributed by atoms with Gasteiger partial charge in [0, 0.05) is 13.7 Å². The Hall–Kier alpha value is -2.30. The minimum atomic E-state index is -0.174. The molecule has 1 heterocycles. The molecule has 4 rings (SSSR count). The van der Waals surface area contributed by atoms with Gasteiger partial charge in [-0.15, -0.1) is 0 Å². The molecule has 0 aliphatic rings. The van der Waals surface area contributed by atoms with E-state index in [1.807, 2.05) is 66.7 Å². The van der Waals surface area contributed by atoms with E-state index in [1.165, 1.54) is 0 Å². The fraction of sp³-hybridized carbons (Fsp3) is 0.0455. The first kappa shape index (κ1) is 21.0. The molecule has 150 valence electrons. The van der Waals surface area contributed by atoms with Crippen molar-refractivity contribution in [2.24, 2.45) is 0 Å². The van der Waals surface area contributed by atoms with Crippen LogP contribution >= 0.6 is 50.7 Å². The lowest BCUT2D eigenvalue weighted by Crippen LogP contribution is -2.35. The van der Waals surface area contributed by atoms with E-state index in [-0.39, 0.29) is 17.4 Å². The maximum atomic E-state index is 12.2. The molecule has 0 spiro atoms.